The largest absolute Gasteiger partial charge is 0.447 e. The summed E-state index contributed by atoms with van der Waals surface area (Å²) in [6, 6.07) is 3.56. The Hall–Kier alpha value is -1.54. The Labute approximate surface area is 159 Å². The molecule has 0 aliphatic carbocycles. The number of halogens is 7. The molecular formula is C17H12BrClF5NO. The molecule has 0 spiro atoms. The number of alkyl halides is 3. The Bertz CT molecular complexity index is 814. The van der Waals surface area contributed by atoms with E-state index in [0.29, 0.717) is 23.2 Å². The molecule has 0 unspecified atom stereocenters. The van der Waals surface area contributed by atoms with Gasteiger partial charge in [-0.25, -0.2) is 8.78 Å². The van der Waals surface area contributed by atoms with Crippen molar-refractivity contribution < 1.29 is 26.7 Å². The lowest BCUT2D eigenvalue weighted by Crippen LogP contribution is -2.18. The van der Waals surface area contributed by atoms with Crippen LogP contribution >= 0.6 is 27.5 Å². The topological polar surface area (TPSA) is 12.5 Å². The van der Waals surface area contributed by atoms with Crippen LogP contribution in [0.5, 0.6) is 11.5 Å². The first-order chi connectivity index (χ1) is 12.2. The summed E-state index contributed by atoms with van der Waals surface area (Å²) in [7, 11) is 0. The molecular weight excluding hydrogens is 445 g/mol. The van der Waals surface area contributed by atoms with Crippen molar-refractivity contribution in [1.82, 2.24) is 0 Å². The molecule has 140 valence electrons. The fourth-order valence-electron chi connectivity index (χ4n) is 2.76. The predicted molar refractivity (Wildman–Crippen MR) is 92.0 cm³/mol. The van der Waals surface area contributed by atoms with Crippen LogP contribution < -0.4 is 9.64 Å². The van der Waals surface area contributed by atoms with Crippen LogP contribution in [0.1, 0.15) is 18.4 Å². The van der Waals surface area contributed by atoms with Gasteiger partial charge in [-0.3, -0.25) is 0 Å². The molecule has 0 amide bonds. The summed E-state index contributed by atoms with van der Waals surface area (Å²) in [5.74, 6) is -3.84. The van der Waals surface area contributed by atoms with Crippen LogP contribution in [0.3, 0.4) is 0 Å². The number of rotatable bonds is 3. The predicted octanol–water partition coefficient (Wildman–Crippen LogP) is 6.79. The Morgan fingerprint density at radius 3 is 2.08 bits per heavy atom. The first kappa shape index (κ1) is 19.2. The van der Waals surface area contributed by atoms with Crippen molar-refractivity contribution in [2.45, 2.75) is 19.0 Å². The number of hydrogen-bond donors (Lipinski definition) is 0. The maximum Gasteiger partial charge on any atom is 0.416 e. The summed E-state index contributed by atoms with van der Waals surface area (Å²) in [5.41, 5.74) is -0.915. The van der Waals surface area contributed by atoms with Gasteiger partial charge in [0.25, 0.3) is 0 Å². The molecule has 0 aromatic heterocycles. The van der Waals surface area contributed by atoms with Crippen LogP contribution in [0.25, 0.3) is 0 Å². The van der Waals surface area contributed by atoms with E-state index in [9.17, 15) is 22.0 Å². The molecule has 1 aliphatic rings. The lowest BCUT2D eigenvalue weighted by Gasteiger charge is -2.23. The van der Waals surface area contributed by atoms with Gasteiger partial charge in [0.15, 0.2) is 23.1 Å². The van der Waals surface area contributed by atoms with Gasteiger partial charge in [0.2, 0.25) is 0 Å². The lowest BCUT2D eigenvalue weighted by atomic mass is 10.2. The highest BCUT2D eigenvalue weighted by Crippen LogP contribution is 2.44. The average Bonchev–Trinajstić information content (AvgIpc) is 3.05. The molecule has 0 radical (unpaired) electrons. The molecule has 2 aromatic rings. The highest BCUT2D eigenvalue weighted by molar-refractivity contribution is 9.10. The van der Waals surface area contributed by atoms with Crippen molar-refractivity contribution in [2.24, 2.45) is 0 Å². The monoisotopic (exact) mass is 455 g/mol. The number of hydrogen-bond acceptors (Lipinski definition) is 2. The van der Waals surface area contributed by atoms with Crippen molar-refractivity contribution >= 4 is 33.2 Å². The maximum atomic E-state index is 14.1. The van der Waals surface area contributed by atoms with E-state index in [0.717, 1.165) is 12.8 Å². The van der Waals surface area contributed by atoms with E-state index in [2.05, 4.69) is 15.9 Å². The summed E-state index contributed by atoms with van der Waals surface area (Å²) < 4.78 is 72.2. The minimum absolute atomic E-state index is 0.00525. The van der Waals surface area contributed by atoms with Crippen LogP contribution in [0, 0.1) is 11.6 Å². The van der Waals surface area contributed by atoms with Gasteiger partial charge in [-0.05, 0) is 37.1 Å². The molecule has 1 saturated heterocycles. The van der Waals surface area contributed by atoms with E-state index in [-0.39, 0.29) is 22.9 Å². The average molecular weight is 457 g/mol. The molecule has 0 atom stereocenters. The second-order valence-electron chi connectivity index (χ2n) is 5.80. The van der Waals surface area contributed by atoms with Crippen molar-refractivity contribution in [1.29, 1.82) is 0 Å². The summed E-state index contributed by atoms with van der Waals surface area (Å²) in [6.45, 7) is 1.42. The van der Waals surface area contributed by atoms with Crippen LogP contribution in [-0.2, 0) is 6.18 Å². The summed E-state index contributed by atoms with van der Waals surface area (Å²) >= 11 is 9.47. The van der Waals surface area contributed by atoms with E-state index in [1.54, 1.807) is 6.07 Å². The van der Waals surface area contributed by atoms with Crippen LogP contribution in [0.4, 0.5) is 27.6 Å². The van der Waals surface area contributed by atoms with E-state index in [1.807, 2.05) is 4.90 Å². The van der Waals surface area contributed by atoms with E-state index in [1.165, 1.54) is 6.07 Å². The van der Waals surface area contributed by atoms with Gasteiger partial charge in [0.05, 0.1) is 16.3 Å². The van der Waals surface area contributed by atoms with E-state index < -0.39 is 29.1 Å². The first-order valence-corrected chi connectivity index (χ1v) is 8.82. The number of ether oxygens (including phenoxy) is 1. The molecule has 1 heterocycles. The van der Waals surface area contributed by atoms with Crippen molar-refractivity contribution in [3.8, 4) is 11.5 Å². The summed E-state index contributed by atoms with van der Waals surface area (Å²) in [5, 5.41) is 0.0833. The number of benzene rings is 2. The zero-order chi connectivity index (χ0) is 19.1. The number of anilines is 1. The second kappa shape index (κ2) is 7.23. The van der Waals surface area contributed by atoms with Gasteiger partial charge in [-0.15, -0.1) is 0 Å². The highest BCUT2D eigenvalue weighted by Gasteiger charge is 2.33. The minimum Gasteiger partial charge on any atom is -0.447 e. The SMILES string of the molecule is Fc1cc(C(F)(F)F)cc(F)c1Oc1c(Cl)cc(Br)cc1N1CCCC1. The third kappa shape index (κ3) is 3.91. The molecule has 2 aromatic carbocycles. The maximum absolute atomic E-state index is 14.1. The van der Waals surface area contributed by atoms with E-state index >= 15 is 0 Å². The molecule has 9 heteroatoms. The standard InChI is InChI=1S/C17H12BrClF5NO/c18-10-7-11(19)15(14(8-10)25-3-1-2-4-25)26-16-12(20)5-9(6-13(16)21)17(22,23)24/h5-8H,1-4H2. The first-order valence-electron chi connectivity index (χ1n) is 7.65. The van der Waals surface area contributed by atoms with Crippen LogP contribution in [0.2, 0.25) is 5.02 Å². The Kier molecular flexibility index (Phi) is 5.35. The zero-order valence-electron chi connectivity index (χ0n) is 13.1. The quantitative estimate of drug-likeness (QED) is 0.471. The smallest absolute Gasteiger partial charge is 0.416 e. The van der Waals surface area contributed by atoms with Crippen molar-refractivity contribution in [3.63, 3.8) is 0 Å². The van der Waals surface area contributed by atoms with Gasteiger partial charge in [-0.1, -0.05) is 27.5 Å². The third-order valence-corrected chi connectivity index (χ3v) is 4.70. The highest BCUT2D eigenvalue weighted by atomic mass is 79.9. The molecule has 26 heavy (non-hydrogen) atoms. The van der Waals surface area contributed by atoms with Gasteiger partial charge in [0.1, 0.15) is 0 Å². The Morgan fingerprint density at radius 2 is 1.54 bits per heavy atom. The van der Waals surface area contributed by atoms with Gasteiger partial charge in [-0.2, -0.15) is 13.2 Å². The minimum atomic E-state index is -4.86. The normalized spacial score (nSPS) is 14.8. The van der Waals surface area contributed by atoms with Crippen LogP contribution in [0.15, 0.2) is 28.7 Å². The molecule has 0 bridgehead atoms. The van der Waals surface area contributed by atoms with E-state index in [4.69, 9.17) is 16.3 Å². The Balaban J connectivity index is 2.04. The Morgan fingerprint density at radius 1 is 0.962 bits per heavy atom. The molecule has 3 rings (SSSR count). The molecule has 0 N–H and O–H groups in total. The van der Waals surface area contributed by atoms with Gasteiger partial charge in [0, 0.05) is 17.6 Å². The molecule has 0 saturated carbocycles. The fourth-order valence-corrected chi connectivity index (χ4v) is 3.59. The second-order valence-corrected chi connectivity index (χ2v) is 7.12. The summed E-state index contributed by atoms with van der Waals surface area (Å²) in [6.07, 6.45) is -2.99. The van der Waals surface area contributed by atoms with Gasteiger partial charge < -0.3 is 9.64 Å². The zero-order valence-corrected chi connectivity index (χ0v) is 15.5. The van der Waals surface area contributed by atoms with Crippen molar-refractivity contribution in [2.75, 3.05) is 18.0 Å². The lowest BCUT2D eigenvalue weighted by molar-refractivity contribution is -0.138. The molecule has 1 fully saturated rings. The molecule has 1 aliphatic heterocycles. The number of nitrogens with zero attached hydrogens (tertiary/aromatic N) is 1. The summed E-state index contributed by atoms with van der Waals surface area (Å²) in [4.78, 5) is 1.94. The van der Waals surface area contributed by atoms with Crippen LogP contribution in [-0.4, -0.2) is 13.1 Å². The fraction of sp³-hybridized carbons (Fsp3) is 0.294. The molecule has 2 nitrogen and oxygen atoms in total. The van der Waals surface area contributed by atoms with Crippen molar-refractivity contribution in [3.05, 3.63) is 51.0 Å². The van der Waals surface area contributed by atoms with Gasteiger partial charge >= 0.3 is 6.18 Å². The third-order valence-electron chi connectivity index (χ3n) is 3.97.